The Morgan fingerprint density at radius 2 is 1.57 bits per heavy atom. The van der Waals surface area contributed by atoms with E-state index in [9.17, 15) is 0 Å². The summed E-state index contributed by atoms with van der Waals surface area (Å²) in [5.41, 5.74) is 5.72. The van der Waals surface area contributed by atoms with E-state index in [0.29, 0.717) is 0 Å². The highest BCUT2D eigenvalue weighted by molar-refractivity contribution is 5.98. The van der Waals surface area contributed by atoms with E-state index < -0.39 is 0 Å². The zero-order valence-corrected chi connectivity index (χ0v) is 7.70. The molecule has 14 heavy (non-hydrogen) atoms. The molecule has 1 aliphatic carbocycles. The summed E-state index contributed by atoms with van der Waals surface area (Å²) >= 11 is 0. The molecular weight excluding hydrogens is 170 g/mol. The van der Waals surface area contributed by atoms with Gasteiger partial charge in [-0.05, 0) is 17.2 Å². The molecule has 1 heterocycles. The van der Waals surface area contributed by atoms with Crippen LogP contribution in [0, 0.1) is 0 Å². The minimum absolute atomic E-state index is 1.02. The van der Waals surface area contributed by atoms with Crippen LogP contribution in [0.3, 0.4) is 0 Å². The zero-order valence-electron chi connectivity index (χ0n) is 7.70. The molecule has 0 unspecified atom stereocenters. The molecule has 0 spiro atoms. The molecule has 1 heteroatoms. The van der Waals surface area contributed by atoms with E-state index in [1.165, 1.54) is 16.7 Å². The maximum Gasteiger partial charge on any atom is 0.0780 e. The van der Waals surface area contributed by atoms with E-state index in [-0.39, 0.29) is 0 Å². The van der Waals surface area contributed by atoms with Crippen LogP contribution in [0.2, 0.25) is 0 Å². The molecule has 0 saturated heterocycles. The number of aromatic nitrogens is 1. The summed E-state index contributed by atoms with van der Waals surface area (Å²) in [6.07, 6.45) is 1.82. The molecule has 1 nitrogen and oxygen atoms in total. The van der Waals surface area contributed by atoms with Crippen LogP contribution in [0.5, 0.6) is 0 Å². The van der Waals surface area contributed by atoms with Crippen molar-refractivity contribution < 1.29 is 0 Å². The first-order chi connectivity index (χ1) is 6.88. The van der Waals surface area contributed by atoms with Crippen LogP contribution in [0.25, 0.3) is 16.7 Å². The monoisotopic (exact) mass is 179 g/mol. The van der Waals surface area contributed by atoms with Gasteiger partial charge in [0.2, 0.25) is 0 Å². The Bertz CT molecular complexity index is 479. The van der Waals surface area contributed by atoms with Gasteiger partial charge in [-0.25, -0.2) is 0 Å². The van der Waals surface area contributed by atoms with Crippen molar-refractivity contribution in [2.45, 2.75) is 0 Å². The van der Waals surface area contributed by atoms with Gasteiger partial charge in [-0.3, -0.25) is 4.98 Å². The number of nitrogens with zero attached hydrogens (tertiary/aromatic N) is 1. The number of fused-ring (bicyclic) bond motifs is 3. The minimum Gasteiger partial charge on any atom is -0.256 e. The molecule has 1 aromatic heterocycles. The SMILES string of the molecule is C=C1c2ccccc2-c2cccnc21. The lowest BCUT2D eigenvalue weighted by Crippen LogP contribution is -1.82. The Morgan fingerprint density at radius 1 is 0.857 bits per heavy atom. The number of benzene rings is 1. The largest absolute Gasteiger partial charge is 0.256 e. The summed E-state index contributed by atoms with van der Waals surface area (Å²) in [5.74, 6) is 0. The highest BCUT2D eigenvalue weighted by Crippen LogP contribution is 2.41. The number of hydrogen-bond acceptors (Lipinski definition) is 1. The van der Waals surface area contributed by atoms with Crippen molar-refractivity contribution in [3.05, 3.63) is 60.4 Å². The lowest BCUT2D eigenvalue weighted by Gasteiger charge is -1.96. The van der Waals surface area contributed by atoms with Crippen molar-refractivity contribution in [3.63, 3.8) is 0 Å². The Morgan fingerprint density at radius 3 is 2.43 bits per heavy atom. The fourth-order valence-corrected chi connectivity index (χ4v) is 1.97. The molecule has 0 fully saturated rings. The predicted octanol–water partition coefficient (Wildman–Crippen LogP) is 3.12. The van der Waals surface area contributed by atoms with Gasteiger partial charge in [0, 0.05) is 17.3 Å². The van der Waals surface area contributed by atoms with Crippen molar-refractivity contribution in [1.82, 2.24) is 4.98 Å². The molecule has 0 atom stereocenters. The average Bonchev–Trinajstić information content (AvgIpc) is 2.55. The van der Waals surface area contributed by atoms with E-state index in [1.54, 1.807) is 0 Å². The molecule has 0 saturated carbocycles. The normalized spacial score (nSPS) is 12.4. The maximum absolute atomic E-state index is 4.36. The van der Waals surface area contributed by atoms with E-state index in [2.05, 4.69) is 29.8 Å². The Labute approximate surface area is 82.7 Å². The van der Waals surface area contributed by atoms with Gasteiger partial charge in [0.25, 0.3) is 0 Å². The lowest BCUT2D eigenvalue weighted by atomic mass is 10.1. The van der Waals surface area contributed by atoms with Crippen molar-refractivity contribution in [2.24, 2.45) is 0 Å². The highest BCUT2D eigenvalue weighted by Gasteiger charge is 2.21. The Hall–Kier alpha value is -1.89. The third kappa shape index (κ3) is 0.814. The summed E-state index contributed by atoms with van der Waals surface area (Å²) in [4.78, 5) is 4.36. The van der Waals surface area contributed by atoms with Gasteiger partial charge in [-0.1, -0.05) is 36.9 Å². The summed E-state index contributed by atoms with van der Waals surface area (Å²) in [5, 5.41) is 0. The second kappa shape index (κ2) is 2.55. The van der Waals surface area contributed by atoms with Gasteiger partial charge in [0.05, 0.1) is 5.69 Å². The molecule has 1 aromatic carbocycles. The highest BCUT2D eigenvalue weighted by atomic mass is 14.7. The van der Waals surface area contributed by atoms with Crippen molar-refractivity contribution in [2.75, 3.05) is 0 Å². The zero-order chi connectivity index (χ0) is 9.54. The lowest BCUT2D eigenvalue weighted by molar-refractivity contribution is 1.30. The number of pyridine rings is 1. The number of hydrogen-bond donors (Lipinski definition) is 0. The predicted molar refractivity (Wildman–Crippen MR) is 57.8 cm³/mol. The van der Waals surface area contributed by atoms with Gasteiger partial charge in [0.15, 0.2) is 0 Å². The van der Waals surface area contributed by atoms with Crippen LogP contribution in [0.1, 0.15) is 11.3 Å². The Balaban J connectivity index is 2.42. The van der Waals surface area contributed by atoms with E-state index >= 15 is 0 Å². The third-order valence-corrected chi connectivity index (χ3v) is 2.64. The van der Waals surface area contributed by atoms with Gasteiger partial charge in [0.1, 0.15) is 0 Å². The fourth-order valence-electron chi connectivity index (χ4n) is 1.97. The van der Waals surface area contributed by atoms with Crippen LogP contribution in [-0.2, 0) is 0 Å². The topological polar surface area (TPSA) is 12.9 Å². The molecule has 2 aromatic rings. The van der Waals surface area contributed by atoms with Crippen LogP contribution in [-0.4, -0.2) is 4.98 Å². The smallest absolute Gasteiger partial charge is 0.0780 e. The molecule has 3 rings (SSSR count). The van der Waals surface area contributed by atoms with E-state index in [4.69, 9.17) is 0 Å². The van der Waals surface area contributed by atoms with Gasteiger partial charge >= 0.3 is 0 Å². The molecule has 0 bridgehead atoms. The summed E-state index contributed by atoms with van der Waals surface area (Å²) in [6, 6.07) is 12.4. The summed E-state index contributed by atoms with van der Waals surface area (Å²) < 4.78 is 0. The van der Waals surface area contributed by atoms with Crippen LogP contribution < -0.4 is 0 Å². The summed E-state index contributed by atoms with van der Waals surface area (Å²) in [7, 11) is 0. The second-order valence-corrected chi connectivity index (χ2v) is 3.42. The Kier molecular flexibility index (Phi) is 1.37. The third-order valence-electron chi connectivity index (χ3n) is 2.64. The van der Waals surface area contributed by atoms with E-state index in [1.807, 2.05) is 24.4 Å². The first-order valence-electron chi connectivity index (χ1n) is 4.62. The van der Waals surface area contributed by atoms with E-state index in [0.717, 1.165) is 11.3 Å². The minimum atomic E-state index is 1.02. The summed E-state index contributed by atoms with van der Waals surface area (Å²) in [6.45, 7) is 4.07. The molecule has 0 amide bonds. The number of rotatable bonds is 0. The standard InChI is InChI=1S/C13H9N/c1-9-10-5-2-3-6-11(10)12-7-4-8-14-13(9)12/h2-8H,1H2. The van der Waals surface area contributed by atoms with Crippen molar-refractivity contribution in [1.29, 1.82) is 0 Å². The van der Waals surface area contributed by atoms with Crippen molar-refractivity contribution in [3.8, 4) is 11.1 Å². The molecule has 66 valence electrons. The molecule has 0 N–H and O–H groups in total. The average molecular weight is 179 g/mol. The van der Waals surface area contributed by atoms with Gasteiger partial charge < -0.3 is 0 Å². The van der Waals surface area contributed by atoms with Crippen LogP contribution >= 0.6 is 0 Å². The van der Waals surface area contributed by atoms with Crippen LogP contribution in [0.15, 0.2) is 49.2 Å². The fraction of sp³-hybridized carbons (Fsp3) is 0. The van der Waals surface area contributed by atoms with Crippen LogP contribution in [0.4, 0.5) is 0 Å². The molecular formula is C13H9N. The first kappa shape index (κ1) is 7.51. The van der Waals surface area contributed by atoms with Gasteiger partial charge in [-0.2, -0.15) is 0 Å². The quantitative estimate of drug-likeness (QED) is 0.516. The first-order valence-corrected chi connectivity index (χ1v) is 4.62. The maximum atomic E-state index is 4.36. The second-order valence-electron chi connectivity index (χ2n) is 3.42. The van der Waals surface area contributed by atoms with Gasteiger partial charge in [-0.15, -0.1) is 0 Å². The van der Waals surface area contributed by atoms with Crippen molar-refractivity contribution >= 4 is 5.57 Å². The molecule has 0 radical (unpaired) electrons. The molecule has 0 aliphatic heterocycles. The molecule has 1 aliphatic rings.